The maximum atomic E-state index is 4.14. The van der Waals surface area contributed by atoms with E-state index in [1.54, 1.807) is 0 Å². The van der Waals surface area contributed by atoms with Gasteiger partial charge in [-0.2, -0.15) is 25.3 Å². The van der Waals surface area contributed by atoms with Gasteiger partial charge in [0.15, 0.2) is 0 Å². The first-order valence-electron chi connectivity index (χ1n) is 3.13. The van der Waals surface area contributed by atoms with Gasteiger partial charge in [0.1, 0.15) is 0 Å². The van der Waals surface area contributed by atoms with E-state index in [9.17, 15) is 0 Å². The first-order valence-corrected chi connectivity index (χ1v) is 4.16. The minimum atomic E-state index is 0. The molecule has 0 fully saturated rings. The zero-order valence-electron chi connectivity index (χ0n) is 5.60. The van der Waals surface area contributed by atoms with Gasteiger partial charge in [-0.15, -0.1) is 0 Å². The smallest absolute Gasteiger partial charge is 0.0442 e. The second-order valence-corrected chi connectivity index (χ2v) is 3.63. The Morgan fingerprint density at radius 1 is 1.22 bits per heavy atom. The van der Waals surface area contributed by atoms with Crippen molar-refractivity contribution in [2.75, 3.05) is 0 Å². The van der Waals surface area contributed by atoms with Crippen LogP contribution in [0.25, 0.3) is 0 Å². The van der Waals surface area contributed by atoms with Gasteiger partial charge >= 0.3 is 0 Å². The fourth-order valence-corrected chi connectivity index (χ4v) is 0.942. The van der Waals surface area contributed by atoms with Crippen LogP contribution in [-0.2, 0) is 22.4 Å². The van der Waals surface area contributed by atoms with Gasteiger partial charge in [0.05, 0.1) is 0 Å². The molecule has 0 aromatic carbocycles. The predicted molar refractivity (Wildman–Crippen MR) is 45.9 cm³/mol. The second-order valence-electron chi connectivity index (χ2n) is 1.98. The van der Waals surface area contributed by atoms with Gasteiger partial charge in [-0.1, -0.05) is 26.2 Å². The summed E-state index contributed by atoms with van der Waals surface area (Å²) in [6.07, 6.45) is 5.01. The van der Waals surface area contributed by atoms with Crippen LogP contribution in [0.1, 0.15) is 32.6 Å². The van der Waals surface area contributed by atoms with Gasteiger partial charge in [0, 0.05) is 27.0 Å². The molecule has 0 unspecified atom stereocenters. The normalized spacial score (nSPS) is 9.33. The Morgan fingerprint density at radius 3 is 2.11 bits per heavy atom. The number of thiol groups is 2. The molecule has 0 aliphatic carbocycles. The summed E-state index contributed by atoms with van der Waals surface area (Å²) >= 11 is 8.27. The molecular weight excluding hydrogens is 333 g/mol. The van der Waals surface area contributed by atoms with Crippen molar-refractivity contribution >= 4 is 25.3 Å². The van der Waals surface area contributed by atoms with Crippen LogP contribution in [0.3, 0.4) is 0 Å². The molecule has 0 spiro atoms. The zero-order chi connectivity index (χ0) is 6.41. The number of hydrogen-bond donors (Lipinski definition) is 2. The molecule has 1 radical (unpaired) electrons. The van der Waals surface area contributed by atoms with E-state index in [0.717, 1.165) is 6.42 Å². The summed E-state index contributed by atoms with van der Waals surface area (Å²) in [6, 6.07) is 0. The van der Waals surface area contributed by atoms with E-state index in [1.807, 2.05) is 0 Å². The summed E-state index contributed by atoms with van der Waals surface area (Å²) in [5.41, 5.74) is 0. The molecule has 0 aliphatic heterocycles. The number of hydrogen-bond acceptors (Lipinski definition) is 2. The van der Waals surface area contributed by atoms with Crippen LogP contribution in [0.15, 0.2) is 0 Å². The van der Waals surface area contributed by atoms with Crippen molar-refractivity contribution < 1.29 is 22.4 Å². The maximum Gasteiger partial charge on any atom is 0.0442 e. The summed E-state index contributed by atoms with van der Waals surface area (Å²) in [4.78, 5) is 0. The fraction of sp³-hybridized carbons (Fsp3) is 1.00. The number of rotatable bonds is 4. The molecule has 0 atom stereocenters. The van der Waals surface area contributed by atoms with Crippen molar-refractivity contribution in [3.05, 3.63) is 0 Å². The van der Waals surface area contributed by atoms with Gasteiger partial charge in [-0.25, -0.2) is 0 Å². The summed E-state index contributed by atoms with van der Waals surface area (Å²) in [5, 5.41) is 0. The van der Waals surface area contributed by atoms with Gasteiger partial charge in [-0.05, 0) is 6.42 Å². The van der Waals surface area contributed by atoms with E-state index in [2.05, 4.69) is 32.2 Å². The topological polar surface area (TPSA) is 0 Å². The third-order valence-corrected chi connectivity index (χ3v) is 1.58. The second kappa shape index (κ2) is 9.44. The van der Waals surface area contributed by atoms with Crippen molar-refractivity contribution in [2.24, 2.45) is 0 Å². The summed E-state index contributed by atoms with van der Waals surface area (Å²) in [6.45, 7) is 2.20. The van der Waals surface area contributed by atoms with E-state index >= 15 is 0 Å². The quantitative estimate of drug-likeness (QED) is 0.332. The van der Waals surface area contributed by atoms with Crippen LogP contribution in [-0.4, -0.2) is 4.58 Å². The first-order chi connectivity index (χ1) is 3.77. The summed E-state index contributed by atoms with van der Waals surface area (Å²) < 4.78 is 0.293. The van der Waals surface area contributed by atoms with Gasteiger partial charge in [0.2, 0.25) is 0 Å². The Kier molecular flexibility index (Phi) is 13.7. The van der Waals surface area contributed by atoms with E-state index in [4.69, 9.17) is 0 Å². The van der Waals surface area contributed by atoms with E-state index in [1.165, 1.54) is 19.3 Å². The van der Waals surface area contributed by atoms with Gasteiger partial charge in [0.25, 0.3) is 0 Å². The Labute approximate surface area is 84.5 Å². The SMILES string of the molecule is CCCCCC(S)S.[Au]. The van der Waals surface area contributed by atoms with E-state index in [0.29, 0.717) is 4.58 Å². The third kappa shape index (κ3) is 12.6. The Balaban J connectivity index is 0. The van der Waals surface area contributed by atoms with Crippen molar-refractivity contribution in [2.45, 2.75) is 37.2 Å². The third-order valence-electron chi connectivity index (χ3n) is 1.07. The molecule has 0 aromatic rings. The molecule has 3 heteroatoms. The van der Waals surface area contributed by atoms with Crippen molar-refractivity contribution in [3.63, 3.8) is 0 Å². The molecule has 0 saturated heterocycles. The maximum absolute atomic E-state index is 4.14. The van der Waals surface area contributed by atoms with Crippen LogP contribution in [0, 0.1) is 0 Å². The molecule has 0 nitrogen and oxygen atoms in total. The molecule has 0 N–H and O–H groups in total. The Morgan fingerprint density at radius 2 is 1.78 bits per heavy atom. The first kappa shape index (κ1) is 13.1. The molecule has 0 aliphatic rings. The molecule has 9 heavy (non-hydrogen) atoms. The Hall–Kier alpha value is 1.44. The molecule has 0 aromatic heterocycles. The Bertz CT molecular complexity index is 48.3. The standard InChI is InChI=1S/C6H14S2.Au/c1-2-3-4-5-6(7)8;/h6-8H,2-5H2,1H3;. The average Bonchev–Trinajstić information content (AvgIpc) is 1.66. The number of unbranched alkanes of at least 4 members (excludes halogenated alkanes) is 2. The van der Waals surface area contributed by atoms with E-state index < -0.39 is 0 Å². The van der Waals surface area contributed by atoms with Gasteiger partial charge < -0.3 is 0 Å². The minimum absolute atomic E-state index is 0. The molecule has 0 heterocycles. The molecule has 61 valence electrons. The van der Waals surface area contributed by atoms with Crippen molar-refractivity contribution in [3.8, 4) is 0 Å². The van der Waals surface area contributed by atoms with E-state index in [-0.39, 0.29) is 22.4 Å². The van der Waals surface area contributed by atoms with Crippen LogP contribution in [0.2, 0.25) is 0 Å². The van der Waals surface area contributed by atoms with Crippen LogP contribution in [0.5, 0.6) is 0 Å². The fourth-order valence-electron chi connectivity index (χ4n) is 0.577. The monoisotopic (exact) mass is 347 g/mol. The summed E-state index contributed by atoms with van der Waals surface area (Å²) in [5.74, 6) is 0. The molecular formula is C6H14AuS2. The molecule has 0 saturated carbocycles. The van der Waals surface area contributed by atoms with Crippen LogP contribution >= 0.6 is 25.3 Å². The molecule has 0 rings (SSSR count). The predicted octanol–water partition coefficient (Wildman–Crippen LogP) is 2.75. The zero-order valence-corrected chi connectivity index (χ0v) is 9.56. The average molecular weight is 347 g/mol. The van der Waals surface area contributed by atoms with Crippen molar-refractivity contribution in [1.29, 1.82) is 0 Å². The van der Waals surface area contributed by atoms with Crippen LogP contribution in [0.4, 0.5) is 0 Å². The summed E-state index contributed by atoms with van der Waals surface area (Å²) in [7, 11) is 0. The largest absolute Gasteiger partial charge is 0.165 e. The molecule has 0 bridgehead atoms. The van der Waals surface area contributed by atoms with Crippen LogP contribution < -0.4 is 0 Å². The van der Waals surface area contributed by atoms with Crippen molar-refractivity contribution in [1.82, 2.24) is 0 Å². The van der Waals surface area contributed by atoms with Gasteiger partial charge in [-0.3, -0.25) is 0 Å². The minimum Gasteiger partial charge on any atom is -0.165 e. The molecule has 0 amide bonds.